The first-order valence-corrected chi connectivity index (χ1v) is 34.7. The van der Waals surface area contributed by atoms with Crippen LogP contribution in [0.25, 0.3) is 0 Å². The molecule has 0 saturated heterocycles. The predicted molar refractivity (Wildman–Crippen MR) is 362 cm³/mol. The molecule has 0 aliphatic heterocycles. The zero-order chi connectivity index (χ0) is 59.9. The second kappa shape index (κ2) is 70.0. The van der Waals surface area contributed by atoms with E-state index in [-0.39, 0.29) is 31.6 Å². The van der Waals surface area contributed by atoms with Gasteiger partial charge in [-0.25, -0.2) is 0 Å². The maximum Gasteiger partial charge on any atom is 0.306 e. The molecule has 83 heavy (non-hydrogen) atoms. The standard InChI is InChI=1S/C77H128O6/c1-4-7-10-13-16-19-22-25-28-31-34-35-36-37-38-39-40-41-44-46-49-52-55-58-61-64-67-70-76(79)82-73-74(83-77(80)71-68-65-62-59-56-53-50-47-43-33-30-27-24-21-18-15-12-9-6-3)72-81-75(78)69-66-63-60-57-54-51-48-45-42-32-29-26-23-20-17-14-11-8-5-2/h8-9,11-12,17-18,20-21,26-27,29-30,42-43,45,47,51,53-54,56,62,65,74H,4-7,10,13-16,19,22-25,28,31-41,44,46,48-50,52,55,57-61,63-64,66-73H2,1-3H3/b11-8-,12-9-,20-17-,21-18-,29-26-,30-27-,45-42-,47-43-,54-51-,56-53-,65-62-. The van der Waals surface area contributed by atoms with Crippen LogP contribution in [0.2, 0.25) is 0 Å². The van der Waals surface area contributed by atoms with Crippen LogP contribution >= 0.6 is 0 Å². The van der Waals surface area contributed by atoms with Gasteiger partial charge in [0.2, 0.25) is 0 Å². The van der Waals surface area contributed by atoms with Gasteiger partial charge >= 0.3 is 17.9 Å². The monoisotopic (exact) mass is 1150 g/mol. The number of allylic oxidation sites excluding steroid dienone is 22. The Morgan fingerprint density at radius 1 is 0.253 bits per heavy atom. The molecule has 0 saturated carbocycles. The van der Waals surface area contributed by atoms with E-state index in [1.165, 1.54) is 154 Å². The Labute approximate surface area is 513 Å². The van der Waals surface area contributed by atoms with Crippen LogP contribution in [-0.4, -0.2) is 37.2 Å². The Balaban J connectivity index is 4.44. The lowest BCUT2D eigenvalue weighted by Crippen LogP contribution is -2.30. The molecule has 0 aliphatic carbocycles. The zero-order valence-corrected chi connectivity index (χ0v) is 54.2. The molecule has 0 heterocycles. The second-order valence-corrected chi connectivity index (χ2v) is 22.7. The summed E-state index contributed by atoms with van der Waals surface area (Å²) >= 11 is 0. The van der Waals surface area contributed by atoms with E-state index < -0.39 is 12.1 Å². The fraction of sp³-hybridized carbons (Fsp3) is 0.675. The minimum absolute atomic E-state index is 0.121. The quantitative estimate of drug-likeness (QED) is 0.0261. The minimum Gasteiger partial charge on any atom is -0.462 e. The number of hydrogen-bond donors (Lipinski definition) is 0. The number of rotatable bonds is 62. The summed E-state index contributed by atoms with van der Waals surface area (Å²) in [5, 5.41) is 0. The fourth-order valence-corrected chi connectivity index (χ4v) is 9.56. The highest BCUT2D eigenvalue weighted by atomic mass is 16.6. The minimum atomic E-state index is -0.838. The van der Waals surface area contributed by atoms with Crippen molar-refractivity contribution in [2.24, 2.45) is 0 Å². The van der Waals surface area contributed by atoms with Crippen LogP contribution in [-0.2, 0) is 28.6 Å². The Kier molecular flexibility index (Phi) is 66.3. The van der Waals surface area contributed by atoms with Crippen LogP contribution in [0, 0.1) is 0 Å². The molecule has 0 bridgehead atoms. The normalized spacial score (nSPS) is 13.0. The van der Waals surface area contributed by atoms with Gasteiger partial charge in [-0.2, -0.15) is 0 Å². The molecule has 0 spiro atoms. The molecule has 0 amide bonds. The first-order valence-electron chi connectivity index (χ1n) is 34.7. The number of hydrogen-bond acceptors (Lipinski definition) is 6. The van der Waals surface area contributed by atoms with Crippen molar-refractivity contribution in [3.8, 4) is 0 Å². The Hall–Kier alpha value is -4.45. The molecule has 0 rings (SSSR count). The van der Waals surface area contributed by atoms with Gasteiger partial charge in [-0.3, -0.25) is 14.4 Å². The van der Waals surface area contributed by atoms with Crippen LogP contribution in [0.5, 0.6) is 0 Å². The molecule has 0 N–H and O–H groups in total. The van der Waals surface area contributed by atoms with Crippen LogP contribution in [0.15, 0.2) is 134 Å². The molecule has 0 aromatic rings. The summed E-state index contributed by atoms with van der Waals surface area (Å²) in [6.45, 7) is 6.35. The van der Waals surface area contributed by atoms with Crippen molar-refractivity contribution in [1.29, 1.82) is 0 Å². The summed E-state index contributed by atoms with van der Waals surface area (Å²) < 4.78 is 16.9. The van der Waals surface area contributed by atoms with E-state index in [2.05, 4.69) is 148 Å². The van der Waals surface area contributed by atoms with Crippen molar-refractivity contribution in [3.63, 3.8) is 0 Å². The van der Waals surface area contributed by atoms with Gasteiger partial charge in [0.15, 0.2) is 6.10 Å². The molecule has 472 valence electrons. The first kappa shape index (κ1) is 78.5. The topological polar surface area (TPSA) is 78.9 Å². The third-order valence-electron chi connectivity index (χ3n) is 14.7. The fourth-order valence-electron chi connectivity index (χ4n) is 9.56. The van der Waals surface area contributed by atoms with Gasteiger partial charge in [0.25, 0.3) is 0 Å². The molecule has 6 heteroatoms. The molecule has 0 aliphatic rings. The van der Waals surface area contributed by atoms with Gasteiger partial charge in [0.1, 0.15) is 13.2 Å². The third kappa shape index (κ3) is 68.2. The van der Waals surface area contributed by atoms with Gasteiger partial charge < -0.3 is 14.2 Å². The molecule has 0 aromatic carbocycles. The van der Waals surface area contributed by atoms with E-state index in [0.29, 0.717) is 19.3 Å². The number of ether oxygens (including phenoxy) is 3. The van der Waals surface area contributed by atoms with E-state index in [4.69, 9.17) is 14.2 Å². The van der Waals surface area contributed by atoms with Crippen molar-refractivity contribution in [2.75, 3.05) is 13.2 Å². The maximum atomic E-state index is 12.9. The van der Waals surface area contributed by atoms with Crippen LogP contribution in [0.1, 0.15) is 316 Å². The second-order valence-electron chi connectivity index (χ2n) is 22.7. The first-order chi connectivity index (χ1) is 41.0. The largest absolute Gasteiger partial charge is 0.462 e. The zero-order valence-electron chi connectivity index (χ0n) is 54.2. The molecular weight excluding hydrogens is 1020 g/mol. The predicted octanol–water partition coefficient (Wildman–Crippen LogP) is 24.1. The summed E-state index contributed by atoms with van der Waals surface area (Å²) in [5.41, 5.74) is 0. The van der Waals surface area contributed by atoms with E-state index in [0.717, 1.165) is 116 Å². The summed E-state index contributed by atoms with van der Waals surface area (Å²) in [7, 11) is 0. The summed E-state index contributed by atoms with van der Waals surface area (Å²) in [6, 6.07) is 0. The highest BCUT2D eigenvalue weighted by molar-refractivity contribution is 5.71. The molecule has 6 nitrogen and oxygen atoms in total. The summed E-state index contributed by atoms with van der Waals surface area (Å²) in [4.78, 5) is 38.4. The molecular formula is C77H128O6. The number of carbonyl (C=O) groups is 3. The maximum absolute atomic E-state index is 12.9. The van der Waals surface area contributed by atoms with Crippen molar-refractivity contribution < 1.29 is 28.6 Å². The lowest BCUT2D eigenvalue weighted by atomic mass is 10.0. The van der Waals surface area contributed by atoms with Crippen LogP contribution in [0.4, 0.5) is 0 Å². The van der Waals surface area contributed by atoms with E-state index in [1.807, 2.05) is 6.08 Å². The molecule has 1 unspecified atom stereocenters. The lowest BCUT2D eigenvalue weighted by Gasteiger charge is -2.18. The third-order valence-corrected chi connectivity index (χ3v) is 14.7. The summed E-state index contributed by atoms with van der Waals surface area (Å²) in [6.07, 6.45) is 99.3. The number of carbonyl (C=O) groups excluding carboxylic acids is 3. The smallest absolute Gasteiger partial charge is 0.306 e. The highest BCUT2D eigenvalue weighted by Crippen LogP contribution is 2.17. The Morgan fingerprint density at radius 2 is 0.494 bits per heavy atom. The Morgan fingerprint density at radius 3 is 0.783 bits per heavy atom. The van der Waals surface area contributed by atoms with Crippen molar-refractivity contribution in [1.82, 2.24) is 0 Å². The van der Waals surface area contributed by atoms with E-state index in [1.54, 1.807) is 0 Å². The van der Waals surface area contributed by atoms with Gasteiger partial charge in [0.05, 0.1) is 0 Å². The molecule has 0 aromatic heterocycles. The van der Waals surface area contributed by atoms with Gasteiger partial charge in [-0.1, -0.05) is 328 Å². The van der Waals surface area contributed by atoms with Crippen molar-refractivity contribution in [3.05, 3.63) is 134 Å². The van der Waals surface area contributed by atoms with E-state index in [9.17, 15) is 14.4 Å². The van der Waals surface area contributed by atoms with Crippen molar-refractivity contribution >= 4 is 17.9 Å². The van der Waals surface area contributed by atoms with Gasteiger partial charge in [-0.15, -0.1) is 0 Å². The average Bonchev–Trinajstić information content (AvgIpc) is 3.50. The van der Waals surface area contributed by atoms with Crippen molar-refractivity contribution in [2.45, 2.75) is 322 Å². The van der Waals surface area contributed by atoms with Crippen LogP contribution in [0.3, 0.4) is 0 Å². The molecule has 0 radical (unpaired) electrons. The van der Waals surface area contributed by atoms with Gasteiger partial charge in [0, 0.05) is 19.3 Å². The molecule has 0 fully saturated rings. The SMILES string of the molecule is CC/C=C\C/C=C\C/C=C\C/C=C\C/C=C\C/C=C\CCC(=O)OC(COC(=O)CCCCC/C=C\C/C=C\C/C=C\C/C=C\C/C=C\CC)COC(=O)CCCCCCCCCCCCCCCCCCCCCCCCCCCCC. The van der Waals surface area contributed by atoms with Gasteiger partial charge in [-0.05, 0) is 103 Å². The number of unbranched alkanes of at least 4 members (excludes halogenated alkanes) is 29. The Bertz CT molecular complexity index is 1750. The number of esters is 3. The summed E-state index contributed by atoms with van der Waals surface area (Å²) in [5.74, 6) is -1.03. The highest BCUT2D eigenvalue weighted by Gasteiger charge is 2.19. The molecule has 1 atom stereocenters. The van der Waals surface area contributed by atoms with E-state index >= 15 is 0 Å². The van der Waals surface area contributed by atoms with Crippen LogP contribution < -0.4 is 0 Å². The lowest BCUT2D eigenvalue weighted by molar-refractivity contribution is -0.166. The average molecular weight is 1150 g/mol.